The van der Waals surface area contributed by atoms with Crippen molar-refractivity contribution in [1.29, 1.82) is 0 Å². The lowest BCUT2D eigenvalue weighted by atomic mass is 9.96. The predicted molar refractivity (Wildman–Crippen MR) is 237 cm³/mol. The van der Waals surface area contributed by atoms with Crippen molar-refractivity contribution in [3.05, 3.63) is 131 Å². The lowest BCUT2D eigenvalue weighted by Crippen LogP contribution is -2.61. The third kappa shape index (κ3) is 12.0. The molecule has 0 aliphatic carbocycles. The Labute approximate surface area is 374 Å². The van der Waals surface area contributed by atoms with Gasteiger partial charge in [-0.25, -0.2) is 0 Å². The Morgan fingerprint density at radius 1 is 0.531 bits per heavy atom. The minimum atomic E-state index is -4.26. The van der Waals surface area contributed by atoms with Crippen LogP contribution in [0.4, 0.5) is 0 Å². The van der Waals surface area contributed by atoms with Crippen LogP contribution in [0.25, 0.3) is 0 Å². The van der Waals surface area contributed by atoms with E-state index in [1.807, 2.05) is 30.3 Å². The fourth-order valence-electron chi connectivity index (χ4n) is 7.34. The molecule has 7 atom stereocenters. The minimum absolute atomic E-state index is 0.0386. The van der Waals surface area contributed by atoms with E-state index >= 15 is 0 Å². The van der Waals surface area contributed by atoms with Crippen LogP contribution in [-0.4, -0.2) is 96.6 Å². The van der Waals surface area contributed by atoms with Gasteiger partial charge in [0.2, 0.25) is 13.7 Å². The molecule has 1 fully saturated rings. The standard InChI is InChI=1S/C48H57O15P/c1-52-35-16-18-36(19-17-35)62-48-46(61-30-33-15-22-39(55-4)43(27-33)58-7)45(60-29-32-14-21-38(54-3)42(26-32)57-6)44(59-28-31-13-20-37(53-2)41(25-31)56-5)40(63-48)23-24-64(50,51)47(49)34-11-9-8-10-12-34/h8-22,25-27,40,44-49H,23-24,28-30H2,1-7H3,(H,50,51)/t40-,44-,45+,46+,47?,48?/m1/s1. The van der Waals surface area contributed by atoms with Gasteiger partial charge >= 0.3 is 0 Å². The molecule has 64 heavy (non-hydrogen) atoms. The summed E-state index contributed by atoms with van der Waals surface area (Å²) in [5, 5.41) is 11.2. The van der Waals surface area contributed by atoms with Gasteiger partial charge in [0.15, 0.2) is 40.3 Å². The number of methoxy groups -OCH3 is 7. The monoisotopic (exact) mass is 904 g/mol. The van der Waals surface area contributed by atoms with Gasteiger partial charge < -0.3 is 66.8 Å². The number of ether oxygens (including phenoxy) is 12. The van der Waals surface area contributed by atoms with Crippen molar-refractivity contribution >= 4 is 7.37 Å². The fraction of sp³-hybridized carbons (Fsp3) is 0.375. The molecule has 1 heterocycles. The summed E-state index contributed by atoms with van der Waals surface area (Å²) >= 11 is 0. The van der Waals surface area contributed by atoms with Crippen LogP contribution in [0.5, 0.6) is 46.0 Å². The Morgan fingerprint density at radius 3 is 1.42 bits per heavy atom. The van der Waals surface area contributed by atoms with Crippen molar-refractivity contribution in [2.75, 3.05) is 55.9 Å². The zero-order chi connectivity index (χ0) is 45.6. The molecule has 1 aliphatic heterocycles. The number of aliphatic hydroxyl groups is 1. The first-order valence-corrected chi connectivity index (χ1v) is 22.4. The third-order valence-electron chi connectivity index (χ3n) is 10.8. The molecule has 15 nitrogen and oxygen atoms in total. The number of benzene rings is 5. The lowest BCUT2D eigenvalue weighted by Gasteiger charge is -2.46. The maximum Gasteiger partial charge on any atom is 0.232 e. The van der Waals surface area contributed by atoms with E-state index in [1.165, 1.54) is 0 Å². The molecular formula is C48H57O15P. The van der Waals surface area contributed by atoms with Gasteiger partial charge in [0.05, 0.1) is 75.7 Å². The Hall–Kier alpha value is -5.51. The van der Waals surface area contributed by atoms with Crippen LogP contribution >= 0.6 is 7.37 Å². The van der Waals surface area contributed by atoms with E-state index in [0.29, 0.717) is 51.6 Å². The topological polar surface area (TPSA) is 168 Å². The summed E-state index contributed by atoms with van der Waals surface area (Å²) in [4.78, 5) is 11.4. The van der Waals surface area contributed by atoms with Gasteiger partial charge in [0.1, 0.15) is 29.8 Å². The molecule has 1 aliphatic rings. The molecule has 6 rings (SSSR count). The highest BCUT2D eigenvalue weighted by molar-refractivity contribution is 7.58. The van der Waals surface area contributed by atoms with Crippen LogP contribution < -0.4 is 37.9 Å². The van der Waals surface area contributed by atoms with Crippen LogP contribution in [0.1, 0.15) is 34.5 Å². The van der Waals surface area contributed by atoms with Gasteiger partial charge in [0.25, 0.3) is 0 Å². The Morgan fingerprint density at radius 2 is 0.969 bits per heavy atom. The number of aliphatic hydroxyl groups excluding tert-OH is 1. The van der Waals surface area contributed by atoms with Gasteiger partial charge in [-0.05, 0) is 89.3 Å². The average Bonchev–Trinajstić information content (AvgIpc) is 3.34. The molecule has 2 N–H and O–H groups in total. The van der Waals surface area contributed by atoms with Crippen LogP contribution in [0.2, 0.25) is 0 Å². The molecule has 5 aromatic rings. The highest BCUT2D eigenvalue weighted by Crippen LogP contribution is 2.55. The summed E-state index contributed by atoms with van der Waals surface area (Å²) in [5.41, 5.74) is 2.55. The molecule has 0 bridgehead atoms. The minimum Gasteiger partial charge on any atom is -0.497 e. The summed E-state index contributed by atoms with van der Waals surface area (Å²) < 4.78 is 86.5. The van der Waals surface area contributed by atoms with Crippen molar-refractivity contribution < 1.29 is 71.4 Å². The highest BCUT2D eigenvalue weighted by Gasteiger charge is 2.50. The number of hydrogen-bond acceptors (Lipinski definition) is 14. The molecule has 0 spiro atoms. The molecule has 0 saturated carbocycles. The normalized spacial score (nSPS) is 19.7. The Kier molecular flexibility index (Phi) is 17.2. The van der Waals surface area contributed by atoms with E-state index in [4.69, 9.17) is 56.8 Å². The highest BCUT2D eigenvalue weighted by atomic mass is 31.2. The van der Waals surface area contributed by atoms with Gasteiger partial charge in [0, 0.05) is 6.16 Å². The fourth-order valence-corrected chi connectivity index (χ4v) is 8.85. The van der Waals surface area contributed by atoms with E-state index in [2.05, 4.69) is 0 Å². The van der Waals surface area contributed by atoms with Crippen LogP contribution in [-0.2, 0) is 43.3 Å². The second-order valence-electron chi connectivity index (χ2n) is 14.8. The maximum atomic E-state index is 14.0. The van der Waals surface area contributed by atoms with Crippen molar-refractivity contribution in [2.24, 2.45) is 0 Å². The summed E-state index contributed by atoms with van der Waals surface area (Å²) in [6.07, 6.45) is -5.37. The molecule has 16 heteroatoms. The van der Waals surface area contributed by atoms with Crippen molar-refractivity contribution in [2.45, 2.75) is 62.8 Å². The first-order valence-electron chi connectivity index (χ1n) is 20.5. The second-order valence-corrected chi connectivity index (χ2v) is 17.2. The van der Waals surface area contributed by atoms with Gasteiger partial charge in [-0.3, -0.25) is 4.57 Å². The number of rotatable bonds is 23. The van der Waals surface area contributed by atoms with E-state index in [1.54, 1.807) is 129 Å². The number of hydrogen-bond donors (Lipinski definition) is 2. The van der Waals surface area contributed by atoms with Crippen LogP contribution in [0.15, 0.2) is 109 Å². The molecule has 0 aromatic heterocycles. The Balaban J connectivity index is 1.42. The summed E-state index contributed by atoms with van der Waals surface area (Å²) in [6, 6.07) is 31.7. The SMILES string of the molecule is COc1ccc(OC2O[C@H](CCP(=O)(O)C(O)c3ccccc3)[C@@H](OCc3ccc(OC)c(OC)c3)[C@H](OCc3ccc(OC)c(OC)c3)[C@@H]2OCc2ccc(OC)c(OC)c2)cc1. The largest absolute Gasteiger partial charge is 0.497 e. The molecule has 5 aromatic carbocycles. The van der Waals surface area contributed by atoms with Crippen molar-refractivity contribution in [3.8, 4) is 46.0 Å². The second kappa shape index (κ2) is 22.9. The van der Waals surface area contributed by atoms with E-state index < -0.39 is 43.9 Å². The van der Waals surface area contributed by atoms with Crippen LogP contribution in [0.3, 0.4) is 0 Å². The van der Waals surface area contributed by atoms with Gasteiger partial charge in [-0.2, -0.15) is 0 Å². The Bertz CT molecular complexity index is 2270. The average molecular weight is 905 g/mol. The lowest BCUT2D eigenvalue weighted by molar-refractivity contribution is -0.304. The predicted octanol–water partition coefficient (Wildman–Crippen LogP) is 7.96. The first kappa shape index (κ1) is 48.0. The van der Waals surface area contributed by atoms with Gasteiger partial charge in [-0.15, -0.1) is 0 Å². The summed E-state index contributed by atoms with van der Waals surface area (Å²) in [7, 11) is 6.64. The molecule has 3 unspecified atom stereocenters. The smallest absolute Gasteiger partial charge is 0.232 e. The summed E-state index contributed by atoms with van der Waals surface area (Å²) in [6.45, 7) is 0.136. The quantitative estimate of drug-likeness (QED) is 0.0606. The van der Waals surface area contributed by atoms with Crippen LogP contribution in [0, 0.1) is 0 Å². The summed E-state index contributed by atoms with van der Waals surface area (Å²) in [5.74, 6) is 2.57. The van der Waals surface area contributed by atoms with E-state index in [-0.39, 0.29) is 32.4 Å². The first-order chi connectivity index (χ1) is 31.0. The van der Waals surface area contributed by atoms with E-state index in [0.717, 1.165) is 16.7 Å². The maximum absolute atomic E-state index is 14.0. The molecule has 0 amide bonds. The third-order valence-corrected chi connectivity index (χ3v) is 12.7. The molecule has 1 saturated heterocycles. The molecular weight excluding hydrogens is 847 g/mol. The van der Waals surface area contributed by atoms with Crippen molar-refractivity contribution in [3.63, 3.8) is 0 Å². The molecule has 344 valence electrons. The molecule has 0 radical (unpaired) electrons. The zero-order valence-electron chi connectivity index (χ0n) is 37.0. The van der Waals surface area contributed by atoms with Gasteiger partial charge in [-0.1, -0.05) is 48.5 Å². The van der Waals surface area contributed by atoms with E-state index in [9.17, 15) is 14.6 Å². The van der Waals surface area contributed by atoms with Crippen molar-refractivity contribution in [1.82, 2.24) is 0 Å². The zero-order valence-corrected chi connectivity index (χ0v) is 37.9.